The zero-order valence-corrected chi connectivity index (χ0v) is 17.5. The van der Waals surface area contributed by atoms with Crippen LogP contribution in [0.4, 0.5) is 11.6 Å². The van der Waals surface area contributed by atoms with E-state index >= 15 is 0 Å². The van der Waals surface area contributed by atoms with E-state index in [4.69, 9.17) is 10.5 Å². The normalized spacial score (nSPS) is 11.1. The van der Waals surface area contributed by atoms with Crippen LogP contribution in [0.15, 0.2) is 89.8 Å². The Kier molecular flexibility index (Phi) is 5.55. The monoisotopic (exact) mass is 432 g/mol. The van der Waals surface area contributed by atoms with E-state index < -0.39 is 10.0 Å². The summed E-state index contributed by atoms with van der Waals surface area (Å²) < 4.78 is 34.0. The Morgan fingerprint density at radius 3 is 2.35 bits per heavy atom. The first-order valence-electron chi connectivity index (χ1n) is 9.47. The molecule has 0 amide bonds. The average molecular weight is 433 g/mol. The number of aryl methyl sites for hydroxylation is 1. The summed E-state index contributed by atoms with van der Waals surface area (Å²) in [6.07, 6.45) is 0. The molecule has 4 rings (SSSR count). The largest absolute Gasteiger partial charge is 0.439 e. The van der Waals surface area contributed by atoms with Crippen molar-refractivity contribution in [2.24, 2.45) is 0 Å². The van der Waals surface area contributed by atoms with Gasteiger partial charge in [0, 0.05) is 17.3 Å². The third-order valence-electron chi connectivity index (χ3n) is 4.48. The van der Waals surface area contributed by atoms with Gasteiger partial charge in [-0.15, -0.1) is 0 Å². The summed E-state index contributed by atoms with van der Waals surface area (Å²) in [5, 5.41) is 0. The molecule has 0 unspecified atom stereocenters. The van der Waals surface area contributed by atoms with E-state index in [-0.39, 0.29) is 16.7 Å². The molecule has 0 spiro atoms. The molecule has 0 saturated carbocycles. The maximum Gasteiger partial charge on any atom is 0.264 e. The zero-order valence-electron chi connectivity index (χ0n) is 16.7. The van der Waals surface area contributed by atoms with Crippen LogP contribution < -0.4 is 15.2 Å². The van der Waals surface area contributed by atoms with Gasteiger partial charge in [0.05, 0.1) is 10.6 Å². The highest BCUT2D eigenvalue weighted by Gasteiger charge is 2.18. The number of benzene rings is 3. The van der Waals surface area contributed by atoms with Crippen molar-refractivity contribution < 1.29 is 13.2 Å². The molecule has 0 atom stereocenters. The number of rotatable bonds is 6. The highest BCUT2D eigenvalue weighted by molar-refractivity contribution is 7.92. The van der Waals surface area contributed by atoms with E-state index in [1.807, 2.05) is 49.4 Å². The van der Waals surface area contributed by atoms with Crippen molar-refractivity contribution in [1.82, 2.24) is 9.97 Å². The van der Waals surface area contributed by atoms with Crippen LogP contribution in [0.1, 0.15) is 5.56 Å². The standard InChI is InChI=1S/C23H20N4O3S/c1-16-8-5-6-13-20(16)21-15-22(30-18-10-3-2-4-11-18)26-23(25-21)27-31(28,29)19-12-7-9-17(24)14-19/h2-15H,24H2,1H3,(H,25,26,27). The molecule has 3 aromatic carbocycles. The second-order valence-electron chi connectivity index (χ2n) is 6.82. The van der Waals surface area contributed by atoms with E-state index in [9.17, 15) is 8.42 Å². The Hall–Kier alpha value is -3.91. The molecule has 0 aliphatic heterocycles. The second-order valence-corrected chi connectivity index (χ2v) is 8.51. The molecule has 1 heterocycles. The van der Waals surface area contributed by atoms with Gasteiger partial charge in [-0.25, -0.2) is 18.1 Å². The summed E-state index contributed by atoms with van der Waals surface area (Å²) >= 11 is 0. The number of anilines is 2. The number of hydrogen-bond donors (Lipinski definition) is 2. The molecule has 0 radical (unpaired) electrons. The lowest BCUT2D eigenvalue weighted by atomic mass is 10.1. The maximum absolute atomic E-state index is 12.9. The predicted molar refractivity (Wildman–Crippen MR) is 120 cm³/mol. The van der Waals surface area contributed by atoms with E-state index in [1.54, 1.807) is 30.3 Å². The first-order valence-corrected chi connectivity index (χ1v) is 11.0. The molecule has 0 bridgehead atoms. The molecule has 7 nitrogen and oxygen atoms in total. The summed E-state index contributed by atoms with van der Waals surface area (Å²) in [4.78, 5) is 8.71. The van der Waals surface area contributed by atoms with Gasteiger partial charge in [0.15, 0.2) is 0 Å². The Bertz CT molecular complexity index is 1330. The molecule has 4 aromatic rings. The van der Waals surface area contributed by atoms with Crippen molar-refractivity contribution in [3.05, 3.63) is 90.5 Å². The Morgan fingerprint density at radius 1 is 0.871 bits per heavy atom. The Labute approximate surface area is 180 Å². The molecule has 0 aliphatic rings. The molecule has 0 saturated heterocycles. The number of nitrogens with zero attached hydrogens (tertiary/aromatic N) is 2. The molecule has 3 N–H and O–H groups in total. The van der Waals surface area contributed by atoms with Gasteiger partial charge in [0.1, 0.15) is 5.75 Å². The lowest BCUT2D eigenvalue weighted by Crippen LogP contribution is -2.15. The summed E-state index contributed by atoms with van der Waals surface area (Å²) in [6, 6.07) is 24.4. The van der Waals surface area contributed by atoms with Crippen LogP contribution in [0.25, 0.3) is 11.3 Å². The van der Waals surface area contributed by atoms with Crippen LogP contribution in [-0.4, -0.2) is 18.4 Å². The van der Waals surface area contributed by atoms with E-state index in [1.165, 1.54) is 12.1 Å². The first-order chi connectivity index (χ1) is 14.9. The molecule has 156 valence electrons. The van der Waals surface area contributed by atoms with Gasteiger partial charge in [-0.1, -0.05) is 48.5 Å². The molecule has 8 heteroatoms. The van der Waals surface area contributed by atoms with Crippen molar-refractivity contribution in [2.45, 2.75) is 11.8 Å². The van der Waals surface area contributed by atoms with E-state index in [0.29, 0.717) is 17.1 Å². The summed E-state index contributed by atoms with van der Waals surface area (Å²) in [5.74, 6) is 0.681. The first kappa shape index (κ1) is 20.4. The minimum Gasteiger partial charge on any atom is -0.439 e. The minimum absolute atomic E-state index is 0.0166. The number of para-hydroxylation sites is 1. The minimum atomic E-state index is -3.95. The van der Waals surface area contributed by atoms with Gasteiger partial charge < -0.3 is 10.5 Å². The lowest BCUT2D eigenvalue weighted by Gasteiger charge is -2.12. The zero-order chi connectivity index (χ0) is 21.8. The number of ether oxygens (including phenoxy) is 1. The molecular weight excluding hydrogens is 412 g/mol. The van der Waals surface area contributed by atoms with Crippen molar-refractivity contribution in [3.63, 3.8) is 0 Å². The van der Waals surface area contributed by atoms with Gasteiger partial charge in [0.25, 0.3) is 10.0 Å². The Balaban J connectivity index is 1.77. The van der Waals surface area contributed by atoms with Gasteiger partial charge in [0.2, 0.25) is 11.8 Å². The summed E-state index contributed by atoms with van der Waals surface area (Å²) in [5.41, 5.74) is 8.43. The number of aromatic nitrogens is 2. The second kappa shape index (κ2) is 8.45. The van der Waals surface area contributed by atoms with Gasteiger partial charge in [-0.05, 0) is 42.8 Å². The van der Waals surface area contributed by atoms with Crippen LogP contribution in [0.2, 0.25) is 0 Å². The molecule has 1 aromatic heterocycles. The van der Waals surface area contributed by atoms with Crippen molar-refractivity contribution in [3.8, 4) is 22.9 Å². The fourth-order valence-corrected chi connectivity index (χ4v) is 3.99. The third-order valence-corrected chi connectivity index (χ3v) is 5.81. The fourth-order valence-electron chi connectivity index (χ4n) is 2.99. The van der Waals surface area contributed by atoms with Gasteiger partial charge >= 0.3 is 0 Å². The van der Waals surface area contributed by atoms with Crippen LogP contribution in [-0.2, 0) is 10.0 Å². The third kappa shape index (κ3) is 4.81. The fraction of sp³-hybridized carbons (Fsp3) is 0.0435. The summed E-state index contributed by atoms with van der Waals surface area (Å²) in [6.45, 7) is 1.95. The van der Waals surface area contributed by atoms with Crippen molar-refractivity contribution >= 4 is 21.7 Å². The van der Waals surface area contributed by atoms with Crippen LogP contribution in [0, 0.1) is 6.92 Å². The lowest BCUT2D eigenvalue weighted by molar-refractivity contribution is 0.463. The molecule has 0 fully saturated rings. The number of hydrogen-bond acceptors (Lipinski definition) is 6. The highest BCUT2D eigenvalue weighted by atomic mass is 32.2. The Morgan fingerprint density at radius 2 is 1.61 bits per heavy atom. The maximum atomic E-state index is 12.9. The van der Waals surface area contributed by atoms with Crippen LogP contribution in [0.5, 0.6) is 11.6 Å². The smallest absolute Gasteiger partial charge is 0.264 e. The number of sulfonamides is 1. The quantitative estimate of drug-likeness (QED) is 0.430. The van der Waals surface area contributed by atoms with Crippen molar-refractivity contribution in [1.29, 1.82) is 0 Å². The number of nitrogens with one attached hydrogen (secondary N) is 1. The molecule has 0 aliphatic carbocycles. The molecular formula is C23H20N4O3S. The molecule has 31 heavy (non-hydrogen) atoms. The average Bonchev–Trinajstić information content (AvgIpc) is 2.74. The SMILES string of the molecule is Cc1ccccc1-c1cc(Oc2ccccc2)nc(NS(=O)(=O)c2cccc(N)c2)n1. The van der Waals surface area contributed by atoms with Crippen molar-refractivity contribution in [2.75, 3.05) is 10.5 Å². The van der Waals surface area contributed by atoms with Crippen LogP contribution >= 0.6 is 0 Å². The van der Waals surface area contributed by atoms with E-state index in [2.05, 4.69) is 14.7 Å². The van der Waals surface area contributed by atoms with Gasteiger partial charge in [-0.3, -0.25) is 0 Å². The number of nitrogens with two attached hydrogens (primary N) is 1. The van der Waals surface area contributed by atoms with E-state index in [0.717, 1.165) is 11.1 Å². The predicted octanol–water partition coefficient (Wildman–Crippen LogP) is 4.63. The topological polar surface area (TPSA) is 107 Å². The number of nitrogen functional groups attached to an aromatic ring is 1. The van der Waals surface area contributed by atoms with Gasteiger partial charge in [-0.2, -0.15) is 4.98 Å². The summed E-state index contributed by atoms with van der Waals surface area (Å²) in [7, 11) is -3.95. The van der Waals surface area contributed by atoms with Crippen LogP contribution in [0.3, 0.4) is 0 Å². The highest BCUT2D eigenvalue weighted by Crippen LogP contribution is 2.28.